The average Bonchev–Trinajstić information content (AvgIpc) is 2.35. The fourth-order valence-corrected chi connectivity index (χ4v) is 2.09. The van der Waals surface area contributed by atoms with Gasteiger partial charge in [-0.15, -0.1) is 0 Å². The number of alkyl halides is 2. The molecule has 0 aliphatic carbocycles. The van der Waals surface area contributed by atoms with E-state index in [9.17, 15) is 23.2 Å². The number of halogens is 2. The number of amides is 2. The second-order valence-electron chi connectivity index (χ2n) is 6.50. The Bertz CT molecular complexity index is 476. The quantitative estimate of drug-likeness (QED) is 0.795. The highest BCUT2D eigenvalue weighted by Gasteiger charge is 2.39. The fraction of sp³-hybridized carbons (Fsp3) is 0.786. The number of rotatable bonds is 5. The van der Waals surface area contributed by atoms with Crippen LogP contribution in [0, 0.1) is 0 Å². The standard InChI is InChI=1S/C14H22F2N2O5/c1-13(2,3)23-12(22)17-9(11(20)21)5-7-18-8-14(15,16)6-4-10(18)19/h9H,4-8H2,1-3H3,(H,17,22)(H,20,21). The van der Waals surface area contributed by atoms with Gasteiger partial charge in [-0.1, -0.05) is 0 Å². The number of likely N-dealkylation sites (tertiary alicyclic amines) is 1. The molecule has 1 unspecified atom stereocenters. The van der Waals surface area contributed by atoms with Crippen molar-refractivity contribution in [3.8, 4) is 0 Å². The predicted molar refractivity (Wildman–Crippen MR) is 76.2 cm³/mol. The van der Waals surface area contributed by atoms with Crippen LogP contribution in [0.2, 0.25) is 0 Å². The van der Waals surface area contributed by atoms with Crippen molar-refractivity contribution >= 4 is 18.0 Å². The van der Waals surface area contributed by atoms with Crippen molar-refractivity contribution in [2.75, 3.05) is 13.1 Å². The molecule has 0 aromatic rings. The minimum Gasteiger partial charge on any atom is -0.480 e. The molecule has 0 spiro atoms. The van der Waals surface area contributed by atoms with Crippen molar-refractivity contribution < 1.29 is 33.0 Å². The van der Waals surface area contributed by atoms with Crippen LogP contribution in [0.4, 0.5) is 13.6 Å². The Labute approximate surface area is 133 Å². The molecule has 0 saturated carbocycles. The van der Waals surface area contributed by atoms with Gasteiger partial charge in [-0.05, 0) is 27.2 Å². The first-order valence-corrected chi connectivity index (χ1v) is 7.27. The highest BCUT2D eigenvalue weighted by molar-refractivity contribution is 5.80. The van der Waals surface area contributed by atoms with E-state index in [1.54, 1.807) is 20.8 Å². The number of ether oxygens (including phenoxy) is 1. The van der Waals surface area contributed by atoms with Gasteiger partial charge >= 0.3 is 12.1 Å². The lowest BCUT2D eigenvalue weighted by Gasteiger charge is -2.33. The molecule has 0 radical (unpaired) electrons. The van der Waals surface area contributed by atoms with Crippen LogP contribution in [0.5, 0.6) is 0 Å². The number of hydrogen-bond donors (Lipinski definition) is 2. The van der Waals surface area contributed by atoms with E-state index in [4.69, 9.17) is 9.84 Å². The first-order valence-electron chi connectivity index (χ1n) is 7.27. The molecule has 1 heterocycles. The van der Waals surface area contributed by atoms with Crippen LogP contribution in [-0.4, -0.2) is 58.6 Å². The van der Waals surface area contributed by atoms with Crippen molar-refractivity contribution in [1.29, 1.82) is 0 Å². The van der Waals surface area contributed by atoms with Gasteiger partial charge in [-0.3, -0.25) is 4.79 Å². The van der Waals surface area contributed by atoms with Crippen LogP contribution in [0.3, 0.4) is 0 Å². The summed E-state index contributed by atoms with van der Waals surface area (Å²) in [5, 5.41) is 11.3. The summed E-state index contributed by atoms with van der Waals surface area (Å²) < 4.78 is 31.6. The van der Waals surface area contributed by atoms with E-state index < -0.39 is 48.5 Å². The van der Waals surface area contributed by atoms with E-state index in [2.05, 4.69) is 5.32 Å². The molecule has 2 N–H and O–H groups in total. The number of alkyl carbamates (subject to hydrolysis) is 1. The maximum atomic E-state index is 13.3. The Kier molecular flexibility index (Phi) is 5.90. The van der Waals surface area contributed by atoms with Gasteiger partial charge in [-0.2, -0.15) is 0 Å². The highest BCUT2D eigenvalue weighted by atomic mass is 19.3. The van der Waals surface area contributed by atoms with Gasteiger partial charge in [-0.25, -0.2) is 18.4 Å². The summed E-state index contributed by atoms with van der Waals surface area (Å²) in [5.74, 6) is -4.74. The van der Waals surface area contributed by atoms with Gasteiger partial charge in [0.05, 0.1) is 6.54 Å². The second kappa shape index (κ2) is 7.10. The Morgan fingerprint density at radius 3 is 2.57 bits per heavy atom. The molecule has 0 aromatic heterocycles. The Hall–Kier alpha value is -1.93. The predicted octanol–water partition coefficient (Wildman–Crippen LogP) is 1.61. The van der Waals surface area contributed by atoms with E-state index in [1.807, 2.05) is 0 Å². The first kappa shape index (κ1) is 19.1. The zero-order valence-electron chi connectivity index (χ0n) is 13.4. The summed E-state index contributed by atoms with van der Waals surface area (Å²) in [5.41, 5.74) is -0.794. The molecule has 23 heavy (non-hydrogen) atoms. The minimum absolute atomic E-state index is 0.179. The molecular formula is C14H22F2N2O5. The first-order chi connectivity index (χ1) is 10.4. The summed E-state index contributed by atoms with van der Waals surface area (Å²) in [7, 11) is 0. The van der Waals surface area contributed by atoms with Crippen molar-refractivity contribution in [2.24, 2.45) is 0 Å². The summed E-state index contributed by atoms with van der Waals surface area (Å²) in [4.78, 5) is 35.3. The second-order valence-corrected chi connectivity index (χ2v) is 6.50. The van der Waals surface area contributed by atoms with Gasteiger partial charge in [0, 0.05) is 19.4 Å². The topological polar surface area (TPSA) is 95.9 Å². The van der Waals surface area contributed by atoms with E-state index in [1.165, 1.54) is 0 Å². The van der Waals surface area contributed by atoms with Crippen molar-refractivity contribution in [2.45, 2.75) is 57.6 Å². The third-order valence-corrected chi connectivity index (χ3v) is 3.16. The van der Waals surface area contributed by atoms with Crippen molar-refractivity contribution in [1.82, 2.24) is 10.2 Å². The number of nitrogens with zero attached hydrogens (tertiary/aromatic N) is 1. The SMILES string of the molecule is CC(C)(C)OC(=O)NC(CCN1CC(F)(F)CCC1=O)C(=O)O. The van der Waals surface area contributed by atoms with E-state index in [-0.39, 0.29) is 19.4 Å². The summed E-state index contributed by atoms with van der Waals surface area (Å²) in [6.45, 7) is 3.95. The molecule has 0 bridgehead atoms. The Morgan fingerprint density at radius 2 is 2.04 bits per heavy atom. The number of aliphatic carboxylic acids is 1. The smallest absolute Gasteiger partial charge is 0.408 e. The molecule has 1 rings (SSSR count). The van der Waals surface area contributed by atoms with E-state index >= 15 is 0 Å². The maximum Gasteiger partial charge on any atom is 0.408 e. The number of hydrogen-bond acceptors (Lipinski definition) is 4. The van der Waals surface area contributed by atoms with Crippen LogP contribution < -0.4 is 5.32 Å². The molecule has 1 aliphatic rings. The number of carboxylic acid groups (broad SMARTS) is 1. The van der Waals surface area contributed by atoms with Crippen LogP contribution in [0.1, 0.15) is 40.0 Å². The number of nitrogens with one attached hydrogen (secondary N) is 1. The minimum atomic E-state index is -2.97. The number of carbonyl (C=O) groups excluding carboxylic acids is 2. The fourth-order valence-electron chi connectivity index (χ4n) is 2.09. The summed E-state index contributed by atoms with van der Waals surface area (Å²) >= 11 is 0. The van der Waals surface area contributed by atoms with Crippen molar-refractivity contribution in [3.05, 3.63) is 0 Å². The van der Waals surface area contributed by atoms with Gasteiger partial charge in [0.1, 0.15) is 11.6 Å². The van der Waals surface area contributed by atoms with E-state index in [0.717, 1.165) is 4.90 Å². The molecule has 1 aliphatic heterocycles. The lowest BCUT2D eigenvalue weighted by Crippen LogP contribution is -2.49. The molecule has 2 amide bonds. The highest BCUT2D eigenvalue weighted by Crippen LogP contribution is 2.27. The third-order valence-electron chi connectivity index (χ3n) is 3.16. The Balaban J connectivity index is 2.58. The van der Waals surface area contributed by atoms with Crippen molar-refractivity contribution in [3.63, 3.8) is 0 Å². The third kappa shape index (κ3) is 6.79. The number of carboxylic acids is 1. The van der Waals surface area contributed by atoms with Gasteiger partial charge < -0.3 is 20.1 Å². The summed E-state index contributed by atoms with van der Waals surface area (Å²) in [6.07, 6.45) is -1.87. The van der Waals surface area contributed by atoms with Crippen LogP contribution in [0.25, 0.3) is 0 Å². The molecule has 9 heteroatoms. The number of carbonyl (C=O) groups is 3. The molecule has 1 atom stereocenters. The normalized spacial score (nSPS) is 19.2. The zero-order chi connectivity index (χ0) is 17.8. The monoisotopic (exact) mass is 336 g/mol. The Morgan fingerprint density at radius 1 is 1.43 bits per heavy atom. The van der Waals surface area contributed by atoms with Gasteiger partial charge in [0.2, 0.25) is 5.91 Å². The maximum absolute atomic E-state index is 13.3. The van der Waals surface area contributed by atoms with Gasteiger partial charge in [0.25, 0.3) is 5.92 Å². The van der Waals surface area contributed by atoms with Crippen LogP contribution >= 0.6 is 0 Å². The molecule has 132 valence electrons. The molecule has 1 saturated heterocycles. The van der Waals surface area contributed by atoms with Crippen LogP contribution in [-0.2, 0) is 14.3 Å². The lowest BCUT2D eigenvalue weighted by molar-refractivity contribution is -0.148. The van der Waals surface area contributed by atoms with Gasteiger partial charge in [0.15, 0.2) is 0 Å². The lowest BCUT2D eigenvalue weighted by atomic mass is 10.1. The molecular weight excluding hydrogens is 314 g/mol. The zero-order valence-corrected chi connectivity index (χ0v) is 13.4. The van der Waals surface area contributed by atoms with E-state index in [0.29, 0.717) is 0 Å². The summed E-state index contributed by atoms with van der Waals surface area (Å²) in [6, 6.07) is -1.33. The molecule has 7 nitrogen and oxygen atoms in total. The average molecular weight is 336 g/mol. The van der Waals surface area contributed by atoms with Crippen LogP contribution in [0.15, 0.2) is 0 Å². The number of piperidine rings is 1. The molecule has 0 aromatic carbocycles. The molecule has 1 fully saturated rings. The largest absolute Gasteiger partial charge is 0.480 e.